The number of hydrogen-bond donors (Lipinski definition) is 2. The predicted octanol–water partition coefficient (Wildman–Crippen LogP) is 3.86. The van der Waals surface area contributed by atoms with Crippen molar-refractivity contribution in [2.24, 2.45) is 0 Å². The number of hydrogen-bond acceptors (Lipinski definition) is 3. The fourth-order valence-corrected chi connectivity index (χ4v) is 4.88. The third kappa shape index (κ3) is 2.78. The van der Waals surface area contributed by atoms with Gasteiger partial charge in [0.2, 0.25) is 0 Å². The van der Waals surface area contributed by atoms with Gasteiger partial charge in [0.25, 0.3) is 0 Å². The number of aliphatic hydroxyl groups excluding tert-OH is 1. The molecule has 3 heteroatoms. The second kappa shape index (κ2) is 6.85. The van der Waals surface area contributed by atoms with Crippen LogP contribution in [0.5, 0.6) is 0 Å². The molecule has 3 aromatic rings. The number of nitrogens with one attached hydrogen (secondary N) is 1. The molecule has 0 aromatic heterocycles. The highest BCUT2D eigenvalue weighted by atomic mass is 16.6. The first kappa shape index (κ1) is 17.6. The van der Waals surface area contributed by atoms with Gasteiger partial charge in [-0.1, -0.05) is 91.0 Å². The summed E-state index contributed by atoms with van der Waals surface area (Å²) in [7, 11) is 0. The summed E-state index contributed by atoms with van der Waals surface area (Å²) >= 11 is 0. The number of benzene rings is 3. The molecule has 1 heterocycles. The number of rotatable bonds is 6. The lowest BCUT2D eigenvalue weighted by atomic mass is 9.76. The number of aliphatic hydroxyl groups is 1. The molecule has 3 nitrogen and oxygen atoms in total. The second-order valence-electron chi connectivity index (χ2n) is 7.96. The van der Waals surface area contributed by atoms with Gasteiger partial charge in [0.05, 0.1) is 18.2 Å². The van der Waals surface area contributed by atoms with Gasteiger partial charge in [-0.05, 0) is 29.5 Å². The maximum Gasteiger partial charge on any atom is 0.119 e. The van der Waals surface area contributed by atoms with Crippen molar-refractivity contribution < 1.29 is 9.84 Å². The molecule has 0 unspecified atom stereocenters. The monoisotopic (exact) mass is 371 g/mol. The fourth-order valence-electron chi connectivity index (χ4n) is 4.88. The van der Waals surface area contributed by atoms with E-state index >= 15 is 0 Å². The average Bonchev–Trinajstić information content (AvgIpc) is 3.34. The lowest BCUT2D eigenvalue weighted by Crippen LogP contribution is -2.50. The molecule has 1 aliphatic carbocycles. The standard InChI is InChI=1S/C25H25NO2/c27-18-24-17-22(16-23(24)28-24)26-25(19-10-4-1-5-11-19,20-12-6-2-7-13-20)21-14-8-3-9-15-21/h1-15,22-23,26-27H,16-18H2/t22-,23-,24-/m0/s1. The summed E-state index contributed by atoms with van der Waals surface area (Å²) in [6, 6.07) is 32.2. The van der Waals surface area contributed by atoms with Gasteiger partial charge in [0.1, 0.15) is 5.60 Å². The molecule has 1 saturated heterocycles. The minimum Gasteiger partial charge on any atom is -0.393 e. The molecule has 2 N–H and O–H groups in total. The predicted molar refractivity (Wildman–Crippen MR) is 110 cm³/mol. The molecule has 0 amide bonds. The first-order valence-corrected chi connectivity index (χ1v) is 10.00. The van der Waals surface area contributed by atoms with Crippen LogP contribution in [0.3, 0.4) is 0 Å². The lowest BCUT2D eigenvalue weighted by Gasteiger charge is -2.40. The Hall–Kier alpha value is -2.46. The summed E-state index contributed by atoms with van der Waals surface area (Å²) in [6.07, 6.45) is 1.94. The van der Waals surface area contributed by atoms with Crippen LogP contribution >= 0.6 is 0 Å². The SMILES string of the molecule is OC[C@@]12C[C@@H](NC(c3ccccc3)(c3ccccc3)c3ccccc3)C[C@@H]1O2. The molecule has 0 bridgehead atoms. The van der Waals surface area contributed by atoms with E-state index in [2.05, 4.69) is 96.3 Å². The van der Waals surface area contributed by atoms with Gasteiger partial charge in [-0.3, -0.25) is 5.32 Å². The quantitative estimate of drug-likeness (QED) is 0.511. The first-order chi connectivity index (χ1) is 13.8. The molecule has 2 aliphatic rings. The summed E-state index contributed by atoms with van der Waals surface area (Å²) in [4.78, 5) is 0. The van der Waals surface area contributed by atoms with Crippen LogP contribution in [0.15, 0.2) is 91.0 Å². The van der Waals surface area contributed by atoms with Gasteiger partial charge >= 0.3 is 0 Å². The second-order valence-corrected chi connectivity index (χ2v) is 7.96. The van der Waals surface area contributed by atoms with Crippen molar-refractivity contribution in [3.8, 4) is 0 Å². The number of ether oxygens (including phenoxy) is 1. The summed E-state index contributed by atoms with van der Waals surface area (Å²) in [5.74, 6) is 0. The summed E-state index contributed by atoms with van der Waals surface area (Å²) in [5, 5.41) is 13.8. The van der Waals surface area contributed by atoms with Gasteiger partial charge in [0.15, 0.2) is 0 Å². The average molecular weight is 371 g/mol. The van der Waals surface area contributed by atoms with Gasteiger partial charge in [-0.25, -0.2) is 0 Å². The van der Waals surface area contributed by atoms with Crippen molar-refractivity contribution >= 4 is 0 Å². The molecule has 2 fully saturated rings. The third-order valence-corrected chi connectivity index (χ3v) is 6.31. The van der Waals surface area contributed by atoms with Crippen LogP contribution in [0.1, 0.15) is 29.5 Å². The topological polar surface area (TPSA) is 44.8 Å². The molecule has 1 saturated carbocycles. The Morgan fingerprint density at radius 2 is 1.29 bits per heavy atom. The molecule has 142 valence electrons. The van der Waals surface area contributed by atoms with Gasteiger partial charge in [-0.15, -0.1) is 0 Å². The molecular weight excluding hydrogens is 346 g/mol. The highest BCUT2D eigenvalue weighted by molar-refractivity contribution is 5.49. The van der Waals surface area contributed by atoms with Crippen molar-refractivity contribution in [1.29, 1.82) is 0 Å². The fraction of sp³-hybridized carbons (Fsp3) is 0.280. The largest absolute Gasteiger partial charge is 0.393 e. The van der Waals surface area contributed by atoms with E-state index in [1.165, 1.54) is 16.7 Å². The molecule has 3 atom stereocenters. The zero-order chi connectivity index (χ0) is 19.0. The van der Waals surface area contributed by atoms with E-state index in [9.17, 15) is 5.11 Å². The molecule has 28 heavy (non-hydrogen) atoms. The normalized spacial score (nSPS) is 26.0. The molecule has 0 spiro atoms. The van der Waals surface area contributed by atoms with Crippen molar-refractivity contribution in [3.63, 3.8) is 0 Å². The molecule has 3 aromatic carbocycles. The van der Waals surface area contributed by atoms with Crippen LogP contribution in [0.4, 0.5) is 0 Å². The maximum absolute atomic E-state index is 9.78. The van der Waals surface area contributed by atoms with Crippen LogP contribution in [-0.2, 0) is 10.3 Å². The molecule has 5 rings (SSSR count). The highest BCUT2D eigenvalue weighted by Gasteiger charge is 2.63. The summed E-state index contributed by atoms with van der Waals surface area (Å²) in [5.41, 5.74) is 2.86. The molecular formula is C25H25NO2. The van der Waals surface area contributed by atoms with Crippen LogP contribution in [0.2, 0.25) is 0 Å². The van der Waals surface area contributed by atoms with E-state index < -0.39 is 5.54 Å². The summed E-state index contributed by atoms with van der Waals surface area (Å²) < 4.78 is 5.76. The van der Waals surface area contributed by atoms with E-state index in [1.807, 2.05) is 0 Å². The van der Waals surface area contributed by atoms with Gasteiger partial charge in [0, 0.05) is 6.04 Å². The van der Waals surface area contributed by atoms with E-state index in [-0.39, 0.29) is 24.4 Å². The maximum atomic E-state index is 9.78. The van der Waals surface area contributed by atoms with Crippen LogP contribution in [0.25, 0.3) is 0 Å². The van der Waals surface area contributed by atoms with E-state index in [0.717, 1.165) is 12.8 Å². The Balaban J connectivity index is 1.65. The van der Waals surface area contributed by atoms with Gasteiger partial charge in [-0.2, -0.15) is 0 Å². The Morgan fingerprint density at radius 1 is 0.821 bits per heavy atom. The number of fused-ring (bicyclic) bond motifs is 1. The van der Waals surface area contributed by atoms with Crippen molar-refractivity contribution in [2.45, 2.75) is 36.1 Å². The van der Waals surface area contributed by atoms with E-state index in [1.54, 1.807) is 0 Å². The minimum absolute atomic E-state index is 0.102. The molecule has 0 radical (unpaired) electrons. The Bertz CT molecular complexity index is 828. The first-order valence-electron chi connectivity index (χ1n) is 10.00. The van der Waals surface area contributed by atoms with E-state index in [0.29, 0.717) is 0 Å². The third-order valence-electron chi connectivity index (χ3n) is 6.31. The molecule has 1 aliphatic heterocycles. The van der Waals surface area contributed by atoms with Crippen molar-refractivity contribution in [3.05, 3.63) is 108 Å². The van der Waals surface area contributed by atoms with E-state index in [4.69, 9.17) is 4.74 Å². The minimum atomic E-state index is -0.456. The summed E-state index contributed by atoms with van der Waals surface area (Å²) in [6.45, 7) is 0.102. The number of epoxide rings is 1. The van der Waals surface area contributed by atoms with Crippen LogP contribution in [0, 0.1) is 0 Å². The zero-order valence-electron chi connectivity index (χ0n) is 15.8. The Labute approximate surface area is 166 Å². The van der Waals surface area contributed by atoms with Crippen molar-refractivity contribution in [2.75, 3.05) is 6.61 Å². The van der Waals surface area contributed by atoms with Gasteiger partial charge < -0.3 is 9.84 Å². The van der Waals surface area contributed by atoms with Crippen LogP contribution in [-0.4, -0.2) is 29.5 Å². The highest BCUT2D eigenvalue weighted by Crippen LogP contribution is 2.51. The smallest absolute Gasteiger partial charge is 0.119 e. The Kier molecular flexibility index (Phi) is 4.31. The lowest BCUT2D eigenvalue weighted by molar-refractivity contribution is 0.140. The van der Waals surface area contributed by atoms with Crippen molar-refractivity contribution in [1.82, 2.24) is 5.32 Å². The Morgan fingerprint density at radius 3 is 1.68 bits per heavy atom. The zero-order valence-corrected chi connectivity index (χ0v) is 15.8. The van der Waals surface area contributed by atoms with Crippen LogP contribution < -0.4 is 5.32 Å².